The molecule has 0 unspecified atom stereocenters. The lowest BCUT2D eigenvalue weighted by atomic mass is 10.1. The number of hydrogen-bond donors (Lipinski definition) is 2. The van der Waals surface area contributed by atoms with Crippen LogP contribution in [0, 0.1) is 6.92 Å². The molecule has 0 bridgehead atoms. The van der Waals surface area contributed by atoms with Crippen molar-refractivity contribution in [3.63, 3.8) is 0 Å². The minimum absolute atomic E-state index is 0.0311. The van der Waals surface area contributed by atoms with Crippen molar-refractivity contribution in [3.8, 4) is 5.75 Å². The summed E-state index contributed by atoms with van der Waals surface area (Å²) >= 11 is 6.62. The third-order valence-electron chi connectivity index (χ3n) is 3.53. The fourth-order valence-corrected chi connectivity index (χ4v) is 3.85. The Bertz CT molecular complexity index is 809. The van der Waals surface area contributed by atoms with Crippen molar-refractivity contribution >= 4 is 45.3 Å². The Hall–Kier alpha value is -2.26. The Morgan fingerprint density at radius 3 is 2.62 bits per heavy atom. The average Bonchev–Trinajstić information content (AvgIpc) is 2.90. The summed E-state index contributed by atoms with van der Waals surface area (Å²) in [6.07, 6.45) is 0.666. The van der Waals surface area contributed by atoms with E-state index in [4.69, 9.17) is 17.0 Å². The molecule has 1 heterocycles. The van der Waals surface area contributed by atoms with E-state index in [0.717, 1.165) is 10.4 Å². The van der Waals surface area contributed by atoms with Crippen molar-refractivity contribution in [1.82, 2.24) is 0 Å². The molecule has 0 radical (unpaired) electrons. The van der Waals surface area contributed by atoms with E-state index in [1.54, 1.807) is 18.2 Å². The van der Waals surface area contributed by atoms with Gasteiger partial charge in [-0.25, -0.2) is 4.79 Å². The highest BCUT2D eigenvalue weighted by atomic mass is 32.1. The van der Waals surface area contributed by atoms with Gasteiger partial charge in [0.2, 0.25) is 0 Å². The van der Waals surface area contributed by atoms with Crippen LogP contribution in [0.15, 0.2) is 24.3 Å². The van der Waals surface area contributed by atoms with Gasteiger partial charge >= 0.3 is 12.6 Å². The second-order valence-corrected chi connectivity index (χ2v) is 6.77. The van der Waals surface area contributed by atoms with Crippen molar-refractivity contribution in [2.24, 2.45) is 0 Å². The molecule has 2 N–H and O–H groups in total. The predicted molar refractivity (Wildman–Crippen MR) is 103 cm³/mol. The molecule has 0 fully saturated rings. The Morgan fingerprint density at radius 1 is 1.31 bits per heavy atom. The van der Waals surface area contributed by atoms with E-state index in [0.29, 0.717) is 17.0 Å². The van der Waals surface area contributed by atoms with Crippen molar-refractivity contribution in [2.75, 3.05) is 17.7 Å². The number of carbonyl (C=O) groups is 1. The van der Waals surface area contributed by atoms with Gasteiger partial charge in [-0.2, -0.15) is 8.78 Å². The molecule has 0 aliphatic carbocycles. The van der Waals surface area contributed by atoms with Gasteiger partial charge in [-0.05, 0) is 43.3 Å². The highest BCUT2D eigenvalue weighted by Crippen LogP contribution is 2.34. The molecular formula is C17H18F2N2O3S2. The first kappa shape index (κ1) is 20.1. The number of ether oxygens (including phenoxy) is 2. The van der Waals surface area contributed by atoms with Gasteiger partial charge < -0.3 is 20.1 Å². The van der Waals surface area contributed by atoms with Gasteiger partial charge in [0.05, 0.1) is 18.4 Å². The number of halogens is 2. The van der Waals surface area contributed by atoms with Gasteiger partial charge in [0, 0.05) is 4.88 Å². The normalized spacial score (nSPS) is 10.5. The van der Waals surface area contributed by atoms with Gasteiger partial charge in [-0.1, -0.05) is 19.1 Å². The Labute approximate surface area is 159 Å². The molecule has 0 aliphatic heterocycles. The van der Waals surface area contributed by atoms with Crippen LogP contribution in [0.2, 0.25) is 0 Å². The van der Waals surface area contributed by atoms with Crippen LogP contribution < -0.4 is 15.4 Å². The second kappa shape index (κ2) is 8.91. The molecule has 0 amide bonds. The highest BCUT2D eigenvalue weighted by molar-refractivity contribution is 7.80. The number of methoxy groups -OCH3 is 1. The van der Waals surface area contributed by atoms with E-state index in [1.165, 1.54) is 24.5 Å². The van der Waals surface area contributed by atoms with Crippen LogP contribution in [0.1, 0.15) is 27.7 Å². The average molecular weight is 400 g/mol. The number of benzene rings is 1. The number of alkyl halides is 2. The maximum Gasteiger partial charge on any atom is 0.387 e. The Kier molecular flexibility index (Phi) is 6.87. The molecule has 9 heteroatoms. The summed E-state index contributed by atoms with van der Waals surface area (Å²) in [5.74, 6) is -0.491. The lowest BCUT2D eigenvalue weighted by Crippen LogP contribution is -2.21. The first-order valence-corrected chi connectivity index (χ1v) is 8.92. The largest absolute Gasteiger partial charge is 0.465 e. The quantitative estimate of drug-likeness (QED) is 0.536. The topological polar surface area (TPSA) is 59.6 Å². The summed E-state index contributed by atoms with van der Waals surface area (Å²) in [5.41, 5.74) is 1.60. The van der Waals surface area contributed by atoms with Crippen LogP contribution in [-0.4, -0.2) is 24.8 Å². The van der Waals surface area contributed by atoms with Crippen molar-refractivity contribution in [2.45, 2.75) is 26.9 Å². The van der Waals surface area contributed by atoms with Crippen LogP contribution in [0.4, 0.5) is 19.5 Å². The summed E-state index contributed by atoms with van der Waals surface area (Å²) in [6.45, 7) is 0.904. The van der Waals surface area contributed by atoms with Gasteiger partial charge in [-0.15, -0.1) is 11.3 Å². The first-order valence-electron chi connectivity index (χ1n) is 7.69. The number of thiocarbonyl (C=S) groups is 1. The van der Waals surface area contributed by atoms with E-state index in [-0.39, 0.29) is 16.5 Å². The lowest BCUT2D eigenvalue weighted by molar-refractivity contribution is -0.0493. The van der Waals surface area contributed by atoms with Crippen LogP contribution in [0.25, 0.3) is 0 Å². The molecule has 0 saturated heterocycles. The SMILES string of the molecule is CCc1c(C)sc(NC(=S)Nc2ccccc2OC(F)F)c1C(=O)OC. The molecule has 5 nitrogen and oxygen atoms in total. The van der Waals surface area contributed by atoms with E-state index in [1.807, 2.05) is 13.8 Å². The predicted octanol–water partition coefficient (Wildman–Crippen LogP) is 4.82. The van der Waals surface area contributed by atoms with Crippen molar-refractivity contribution < 1.29 is 23.0 Å². The first-order chi connectivity index (χ1) is 12.4. The van der Waals surface area contributed by atoms with Gasteiger partial charge in [0.15, 0.2) is 5.11 Å². The molecule has 1 aromatic carbocycles. The summed E-state index contributed by atoms with van der Waals surface area (Å²) in [4.78, 5) is 13.1. The zero-order valence-corrected chi connectivity index (χ0v) is 16.0. The number of esters is 1. The third kappa shape index (κ3) is 4.67. The fourth-order valence-electron chi connectivity index (χ4n) is 2.44. The molecule has 2 aromatic rings. The summed E-state index contributed by atoms with van der Waals surface area (Å²) in [5, 5.41) is 6.44. The number of rotatable bonds is 6. The van der Waals surface area contributed by atoms with Gasteiger partial charge in [-0.3, -0.25) is 0 Å². The molecule has 2 rings (SSSR count). The minimum atomic E-state index is -2.95. The van der Waals surface area contributed by atoms with Crippen molar-refractivity contribution in [1.29, 1.82) is 0 Å². The monoisotopic (exact) mass is 400 g/mol. The molecular weight excluding hydrogens is 382 g/mol. The highest BCUT2D eigenvalue weighted by Gasteiger charge is 2.22. The number of nitrogens with one attached hydrogen (secondary N) is 2. The van der Waals surface area contributed by atoms with Crippen LogP contribution >= 0.6 is 23.6 Å². The number of para-hydroxylation sites is 2. The van der Waals surface area contributed by atoms with Crippen LogP contribution in [-0.2, 0) is 11.2 Å². The lowest BCUT2D eigenvalue weighted by Gasteiger charge is -2.14. The molecule has 26 heavy (non-hydrogen) atoms. The molecule has 1 aromatic heterocycles. The van der Waals surface area contributed by atoms with Gasteiger partial charge in [0.1, 0.15) is 10.8 Å². The van der Waals surface area contributed by atoms with Crippen LogP contribution in [0.3, 0.4) is 0 Å². The number of hydrogen-bond acceptors (Lipinski definition) is 5. The summed E-state index contributed by atoms with van der Waals surface area (Å²) < 4.78 is 34.3. The summed E-state index contributed by atoms with van der Waals surface area (Å²) in [7, 11) is 1.31. The standard InChI is InChI=1S/C17H18F2N2O3S2/c1-4-10-9(2)26-14(13(10)15(22)23-3)21-17(25)20-11-7-5-6-8-12(11)24-16(18)19/h5-8,16H,4H2,1-3H3,(H2,20,21,25). The third-order valence-corrected chi connectivity index (χ3v) is 4.80. The van der Waals surface area contributed by atoms with E-state index in [9.17, 15) is 13.6 Å². The van der Waals surface area contributed by atoms with E-state index < -0.39 is 12.6 Å². The fraction of sp³-hybridized carbons (Fsp3) is 0.294. The number of anilines is 2. The number of thiophene rings is 1. The molecule has 0 spiro atoms. The zero-order valence-electron chi connectivity index (χ0n) is 14.4. The van der Waals surface area contributed by atoms with E-state index >= 15 is 0 Å². The van der Waals surface area contributed by atoms with Crippen molar-refractivity contribution in [3.05, 3.63) is 40.3 Å². The number of carbonyl (C=O) groups excluding carboxylic acids is 1. The molecule has 0 atom stereocenters. The van der Waals surface area contributed by atoms with Crippen LogP contribution in [0.5, 0.6) is 5.75 Å². The Balaban J connectivity index is 2.23. The van der Waals surface area contributed by atoms with Gasteiger partial charge in [0.25, 0.3) is 0 Å². The number of aryl methyl sites for hydroxylation is 1. The smallest absolute Gasteiger partial charge is 0.387 e. The molecule has 140 valence electrons. The minimum Gasteiger partial charge on any atom is -0.465 e. The molecule has 0 saturated carbocycles. The Morgan fingerprint density at radius 2 is 2.00 bits per heavy atom. The maximum atomic E-state index is 12.5. The summed E-state index contributed by atoms with van der Waals surface area (Å²) in [6, 6.07) is 6.20. The molecule has 0 aliphatic rings. The second-order valence-electron chi connectivity index (χ2n) is 5.14. The maximum absolute atomic E-state index is 12.5. The van der Waals surface area contributed by atoms with E-state index in [2.05, 4.69) is 15.4 Å². The zero-order chi connectivity index (χ0) is 19.3.